The molecule has 0 N–H and O–H groups in total. The fourth-order valence-electron chi connectivity index (χ4n) is 1.27. The minimum atomic E-state index is -0.891. The van der Waals surface area contributed by atoms with Crippen LogP contribution in [0.3, 0.4) is 0 Å². The maximum Gasteiger partial charge on any atom is 0.200 e. The molecule has 0 saturated carbocycles. The van der Waals surface area contributed by atoms with Gasteiger partial charge in [0.15, 0.2) is 10.5 Å². The van der Waals surface area contributed by atoms with Gasteiger partial charge in [0, 0.05) is 6.07 Å². The summed E-state index contributed by atoms with van der Waals surface area (Å²) in [7, 11) is 0. The SMILES string of the molecule is O=C(c1ccc(F)cc1F)c1ccoc1Br. The summed E-state index contributed by atoms with van der Waals surface area (Å²) in [5.41, 5.74) is 0.00834. The lowest BCUT2D eigenvalue weighted by atomic mass is 10.1. The van der Waals surface area contributed by atoms with Gasteiger partial charge in [0.2, 0.25) is 0 Å². The van der Waals surface area contributed by atoms with Crippen LogP contribution in [0.2, 0.25) is 0 Å². The Kier molecular flexibility index (Phi) is 2.87. The van der Waals surface area contributed by atoms with Gasteiger partial charge in [0.25, 0.3) is 0 Å². The summed E-state index contributed by atoms with van der Waals surface area (Å²) in [6.07, 6.45) is 1.30. The van der Waals surface area contributed by atoms with E-state index < -0.39 is 17.4 Å². The predicted molar refractivity (Wildman–Crippen MR) is 56.2 cm³/mol. The molecule has 1 heterocycles. The number of rotatable bonds is 2. The number of furan rings is 1. The summed E-state index contributed by atoms with van der Waals surface area (Å²) in [6, 6.07) is 4.22. The van der Waals surface area contributed by atoms with Crippen LogP contribution in [0.5, 0.6) is 0 Å². The van der Waals surface area contributed by atoms with Crippen LogP contribution < -0.4 is 0 Å². The fourth-order valence-corrected chi connectivity index (χ4v) is 1.69. The summed E-state index contributed by atoms with van der Waals surface area (Å²) in [4.78, 5) is 11.8. The second-order valence-electron chi connectivity index (χ2n) is 3.06. The van der Waals surface area contributed by atoms with Gasteiger partial charge in [0.1, 0.15) is 11.6 Å². The van der Waals surface area contributed by atoms with Crippen LogP contribution in [0.4, 0.5) is 8.78 Å². The third kappa shape index (κ3) is 1.90. The van der Waals surface area contributed by atoms with E-state index in [2.05, 4.69) is 15.9 Å². The minimum absolute atomic E-state index is 0.191. The maximum atomic E-state index is 13.3. The molecule has 0 saturated heterocycles. The molecule has 1 aromatic heterocycles. The van der Waals surface area contributed by atoms with Crippen molar-refractivity contribution >= 4 is 21.7 Å². The molecule has 0 radical (unpaired) electrons. The second-order valence-corrected chi connectivity index (χ2v) is 3.78. The molecule has 0 fully saturated rings. The van der Waals surface area contributed by atoms with Gasteiger partial charge in [-0.15, -0.1) is 0 Å². The molecule has 0 bridgehead atoms. The highest BCUT2D eigenvalue weighted by Crippen LogP contribution is 2.22. The number of carbonyl (C=O) groups excluding carboxylic acids is 1. The van der Waals surface area contributed by atoms with Crippen LogP contribution >= 0.6 is 15.9 Å². The van der Waals surface area contributed by atoms with Crippen molar-refractivity contribution in [3.05, 3.63) is 58.0 Å². The number of carbonyl (C=O) groups is 1. The molecule has 82 valence electrons. The average Bonchev–Trinajstić information content (AvgIpc) is 2.63. The first-order valence-electron chi connectivity index (χ1n) is 4.32. The van der Waals surface area contributed by atoms with Gasteiger partial charge >= 0.3 is 0 Å². The number of hydrogen-bond donors (Lipinski definition) is 0. The monoisotopic (exact) mass is 286 g/mol. The lowest BCUT2D eigenvalue weighted by Crippen LogP contribution is -2.04. The van der Waals surface area contributed by atoms with Crippen LogP contribution in [-0.2, 0) is 0 Å². The van der Waals surface area contributed by atoms with Crippen molar-refractivity contribution in [1.82, 2.24) is 0 Å². The highest BCUT2D eigenvalue weighted by molar-refractivity contribution is 9.10. The van der Waals surface area contributed by atoms with Crippen molar-refractivity contribution in [2.45, 2.75) is 0 Å². The van der Waals surface area contributed by atoms with E-state index in [-0.39, 0.29) is 15.8 Å². The zero-order valence-electron chi connectivity index (χ0n) is 7.84. The largest absolute Gasteiger partial charge is 0.457 e. The van der Waals surface area contributed by atoms with E-state index in [1.54, 1.807) is 0 Å². The number of halogens is 3. The Balaban J connectivity index is 2.46. The summed E-state index contributed by atoms with van der Waals surface area (Å²) in [5.74, 6) is -2.17. The molecule has 2 nitrogen and oxygen atoms in total. The molecule has 0 atom stereocenters. The van der Waals surface area contributed by atoms with Crippen LogP contribution in [0.1, 0.15) is 15.9 Å². The summed E-state index contributed by atoms with van der Waals surface area (Å²) in [6.45, 7) is 0. The standard InChI is InChI=1S/C11H5BrF2O2/c12-11-8(3-4-16-11)10(15)7-2-1-6(13)5-9(7)14/h1-5H. The predicted octanol–water partition coefficient (Wildman–Crippen LogP) is 3.55. The lowest BCUT2D eigenvalue weighted by Gasteiger charge is -2.00. The van der Waals surface area contributed by atoms with Gasteiger partial charge < -0.3 is 4.42 Å². The molecule has 16 heavy (non-hydrogen) atoms. The molecule has 0 aliphatic carbocycles. The van der Waals surface area contributed by atoms with E-state index in [0.717, 1.165) is 12.1 Å². The quantitative estimate of drug-likeness (QED) is 0.791. The van der Waals surface area contributed by atoms with E-state index in [4.69, 9.17) is 4.42 Å². The second kappa shape index (κ2) is 4.17. The first-order chi connectivity index (χ1) is 7.59. The summed E-state index contributed by atoms with van der Waals surface area (Å²) < 4.78 is 31.1. The molecule has 2 rings (SSSR count). The molecule has 0 aliphatic rings. The molecule has 0 aliphatic heterocycles. The van der Waals surface area contributed by atoms with E-state index in [9.17, 15) is 13.6 Å². The molecular weight excluding hydrogens is 282 g/mol. The zero-order chi connectivity index (χ0) is 11.7. The lowest BCUT2D eigenvalue weighted by molar-refractivity contribution is 0.103. The normalized spacial score (nSPS) is 10.4. The first-order valence-corrected chi connectivity index (χ1v) is 5.11. The summed E-state index contributed by atoms with van der Waals surface area (Å²) in [5, 5.41) is 0. The van der Waals surface area contributed by atoms with E-state index in [1.807, 2.05) is 0 Å². The number of benzene rings is 1. The van der Waals surface area contributed by atoms with Gasteiger partial charge in [-0.05, 0) is 34.1 Å². The molecule has 0 amide bonds. The third-order valence-corrected chi connectivity index (χ3v) is 2.65. The average molecular weight is 287 g/mol. The Morgan fingerprint density at radius 1 is 1.19 bits per heavy atom. The van der Waals surface area contributed by atoms with Gasteiger partial charge in [-0.1, -0.05) is 0 Å². The van der Waals surface area contributed by atoms with Crippen LogP contribution in [0, 0.1) is 11.6 Å². The Bertz CT molecular complexity index is 549. The first kappa shape index (κ1) is 11.0. The highest BCUT2D eigenvalue weighted by atomic mass is 79.9. The Hall–Kier alpha value is -1.49. The smallest absolute Gasteiger partial charge is 0.200 e. The Labute approximate surface area is 98.0 Å². The molecule has 0 unspecified atom stereocenters. The van der Waals surface area contributed by atoms with Crippen LogP contribution in [0.25, 0.3) is 0 Å². The molecule has 5 heteroatoms. The van der Waals surface area contributed by atoms with Crippen molar-refractivity contribution in [2.75, 3.05) is 0 Å². The van der Waals surface area contributed by atoms with Gasteiger partial charge in [-0.2, -0.15) is 0 Å². The van der Waals surface area contributed by atoms with Crippen LogP contribution in [0.15, 0.2) is 39.6 Å². The van der Waals surface area contributed by atoms with Crippen molar-refractivity contribution in [1.29, 1.82) is 0 Å². The van der Waals surface area contributed by atoms with Crippen molar-refractivity contribution in [2.24, 2.45) is 0 Å². The molecule has 1 aromatic carbocycles. The van der Waals surface area contributed by atoms with Gasteiger partial charge in [-0.3, -0.25) is 4.79 Å². The van der Waals surface area contributed by atoms with E-state index in [0.29, 0.717) is 6.07 Å². The Morgan fingerprint density at radius 3 is 2.50 bits per heavy atom. The maximum absolute atomic E-state index is 13.3. The van der Waals surface area contributed by atoms with Crippen molar-refractivity contribution in [3.63, 3.8) is 0 Å². The third-order valence-electron chi connectivity index (χ3n) is 2.04. The highest BCUT2D eigenvalue weighted by Gasteiger charge is 2.18. The van der Waals surface area contributed by atoms with Crippen LogP contribution in [-0.4, -0.2) is 5.78 Å². The molecule has 2 aromatic rings. The van der Waals surface area contributed by atoms with E-state index in [1.165, 1.54) is 12.3 Å². The van der Waals surface area contributed by atoms with Gasteiger partial charge in [-0.25, -0.2) is 8.78 Å². The summed E-state index contributed by atoms with van der Waals surface area (Å²) >= 11 is 3.02. The van der Waals surface area contributed by atoms with Gasteiger partial charge in [0.05, 0.1) is 17.4 Å². The van der Waals surface area contributed by atoms with Crippen molar-refractivity contribution < 1.29 is 18.0 Å². The fraction of sp³-hybridized carbons (Fsp3) is 0. The molecular formula is C11H5BrF2O2. The number of hydrogen-bond acceptors (Lipinski definition) is 2. The minimum Gasteiger partial charge on any atom is -0.457 e. The topological polar surface area (TPSA) is 30.2 Å². The molecule has 0 spiro atoms. The Morgan fingerprint density at radius 2 is 1.94 bits per heavy atom. The van der Waals surface area contributed by atoms with E-state index >= 15 is 0 Å². The van der Waals surface area contributed by atoms with Crippen molar-refractivity contribution in [3.8, 4) is 0 Å². The number of ketones is 1. The zero-order valence-corrected chi connectivity index (χ0v) is 9.42.